The molecule has 156 valence electrons. The van der Waals surface area contributed by atoms with E-state index in [1.165, 1.54) is 24.3 Å². The van der Waals surface area contributed by atoms with Crippen LogP contribution in [0.25, 0.3) is 0 Å². The van der Waals surface area contributed by atoms with Gasteiger partial charge in [-0.2, -0.15) is 4.31 Å². The molecule has 2 aromatic carbocycles. The molecule has 3 aliphatic rings. The molecule has 2 aliphatic heterocycles. The summed E-state index contributed by atoms with van der Waals surface area (Å²) < 4.78 is 39.3. The van der Waals surface area contributed by atoms with Gasteiger partial charge in [0.15, 0.2) is 11.5 Å². The van der Waals surface area contributed by atoms with E-state index in [1.54, 1.807) is 4.31 Å². The van der Waals surface area contributed by atoms with Crippen molar-refractivity contribution in [2.45, 2.75) is 36.1 Å². The Labute approximate surface area is 173 Å². The number of sulfonamides is 1. The lowest BCUT2D eigenvalue weighted by atomic mass is 9.85. The zero-order valence-electron chi connectivity index (χ0n) is 16.1. The Bertz CT molecular complexity index is 1140. The van der Waals surface area contributed by atoms with Gasteiger partial charge in [-0.3, -0.25) is 10.1 Å². The average molecular weight is 428 g/mol. The number of hydrogen-bond acceptors (Lipinski definition) is 6. The molecule has 2 heterocycles. The molecule has 0 saturated carbocycles. The van der Waals surface area contributed by atoms with E-state index < -0.39 is 14.9 Å². The van der Waals surface area contributed by atoms with Gasteiger partial charge >= 0.3 is 0 Å². The van der Waals surface area contributed by atoms with Crippen LogP contribution >= 0.6 is 0 Å². The molecule has 0 amide bonds. The van der Waals surface area contributed by atoms with Gasteiger partial charge in [-0.05, 0) is 54.7 Å². The van der Waals surface area contributed by atoms with Crippen LogP contribution in [0.4, 0.5) is 5.69 Å². The van der Waals surface area contributed by atoms with Crippen LogP contribution in [0.3, 0.4) is 0 Å². The smallest absolute Gasteiger partial charge is 0.269 e. The zero-order chi connectivity index (χ0) is 20.9. The number of allylic oxidation sites excluding steroid dienone is 1. The van der Waals surface area contributed by atoms with Gasteiger partial charge in [0.25, 0.3) is 5.69 Å². The van der Waals surface area contributed by atoms with Gasteiger partial charge in [0, 0.05) is 30.6 Å². The number of ether oxygens (including phenoxy) is 2. The molecule has 1 aliphatic carbocycles. The Morgan fingerprint density at radius 2 is 1.83 bits per heavy atom. The maximum Gasteiger partial charge on any atom is 0.269 e. The van der Waals surface area contributed by atoms with Crippen LogP contribution in [0.2, 0.25) is 0 Å². The SMILES string of the molecule is O=[N+]([O-])c1ccc(S(=O)(=O)N2C[C@@H](c3ccc4c(c3)OCO4)C3=CCCC[C@@H]32)cc1. The first kappa shape index (κ1) is 19.1. The van der Waals surface area contributed by atoms with Crippen LogP contribution < -0.4 is 9.47 Å². The maximum atomic E-state index is 13.4. The highest BCUT2D eigenvalue weighted by Gasteiger charge is 2.45. The van der Waals surface area contributed by atoms with Crippen molar-refractivity contribution in [2.24, 2.45) is 0 Å². The molecule has 0 aromatic heterocycles. The Morgan fingerprint density at radius 3 is 2.60 bits per heavy atom. The van der Waals surface area contributed by atoms with E-state index in [9.17, 15) is 18.5 Å². The summed E-state index contributed by atoms with van der Waals surface area (Å²) in [6, 6.07) is 10.7. The Morgan fingerprint density at radius 1 is 1.07 bits per heavy atom. The van der Waals surface area contributed by atoms with Crippen LogP contribution in [-0.2, 0) is 10.0 Å². The molecule has 30 heavy (non-hydrogen) atoms. The third-order valence-electron chi connectivity index (χ3n) is 6.01. The van der Waals surface area contributed by atoms with Crippen molar-refractivity contribution < 1.29 is 22.8 Å². The summed E-state index contributed by atoms with van der Waals surface area (Å²) in [7, 11) is -3.79. The molecule has 8 nitrogen and oxygen atoms in total. The summed E-state index contributed by atoms with van der Waals surface area (Å²) in [5.74, 6) is 1.32. The third kappa shape index (κ3) is 3.05. The Balaban J connectivity index is 1.50. The van der Waals surface area contributed by atoms with E-state index in [-0.39, 0.29) is 29.3 Å². The fourth-order valence-corrected chi connectivity index (χ4v) is 6.21. The fraction of sp³-hybridized carbons (Fsp3) is 0.333. The van der Waals surface area contributed by atoms with Gasteiger partial charge in [-0.1, -0.05) is 12.1 Å². The molecular weight excluding hydrogens is 408 g/mol. The Kier molecular flexibility index (Phi) is 4.52. The second-order valence-corrected chi connectivity index (χ2v) is 9.53. The Hall–Kier alpha value is -2.91. The number of hydrogen-bond donors (Lipinski definition) is 0. The van der Waals surface area contributed by atoms with Crippen molar-refractivity contribution in [1.82, 2.24) is 4.31 Å². The number of nitrogens with zero attached hydrogens (tertiary/aromatic N) is 2. The van der Waals surface area contributed by atoms with Gasteiger partial charge in [-0.25, -0.2) is 8.42 Å². The van der Waals surface area contributed by atoms with Crippen LogP contribution in [0.5, 0.6) is 11.5 Å². The first-order chi connectivity index (χ1) is 14.4. The monoisotopic (exact) mass is 428 g/mol. The zero-order valence-corrected chi connectivity index (χ0v) is 16.9. The van der Waals surface area contributed by atoms with E-state index in [0.29, 0.717) is 18.0 Å². The lowest BCUT2D eigenvalue weighted by molar-refractivity contribution is -0.384. The lowest BCUT2D eigenvalue weighted by Gasteiger charge is -2.26. The molecule has 0 bridgehead atoms. The van der Waals surface area contributed by atoms with Crippen LogP contribution in [-0.4, -0.2) is 37.0 Å². The molecule has 2 atom stereocenters. The van der Waals surface area contributed by atoms with E-state index >= 15 is 0 Å². The van der Waals surface area contributed by atoms with Crippen molar-refractivity contribution >= 4 is 15.7 Å². The molecule has 5 rings (SSSR count). The number of fused-ring (bicyclic) bond motifs is 2. The molecule has 9 heteroatoms. The van der Waals surface area contributed by atoms with Gasteiger partial charge in [0.1, 0.15) is 0 Å². The third-order valence-corrected chi connectivity index (χ3v) is 7.90. The minimum absolute atomic E-state index is 0.0578. The summed E-state index contributed by atoms with van der Waals surface area (Å²) in [6.45, 7) is 0.519. The minimum Gasteiger partial charge on any atom is -0.454 e. The number of non-ortho nitro benzene ring substituents is 1. The molecule has 0 radical (unpaired) electrons. The molecule has 2 aromatic rings. The van der Waals surface area contributed by atoms with Crippen LogP contribution in [0.1, 0.15) is 30.7 Å². The highest BCUT2D eigenvalue weighted by molar-refractivity contribution is 7.89. The number of nitro groups is 1. The normalized spacial score (nSPS) is 23.1. The van der Waals surface area contributed by atoms with Crippen molar-refractivity contribution in [3.63, 3.8) is 0 Å². The van der Waals surface area contributed by atoms with Crippen LogP contribution in [0, 0.1) is 10.1 Å². The largest absolute Gasteiger partial charge is 0.454 e. The average Bonchev–Trinajstić information content (AvgIpc) is 3.38. The predicted molar refractivity (Wildman–Crippen MR) is 108 cm³/mol. The second kappa shape index (κ2) is 7.10. The predicted octanol–water partition coefficient (Wildman–Crippen LogP) is 3.59. The second-order valence-electron chi connectivity index (χ2n) is 7.64. The topological polar surface area (TPSA) is 99.0 Å². The molecule has 1 saturated heterocycles. The maximum absolute atomic E-state index is 13.4. The van der Waals surface area contributed by atoms with Crippen molar-refractivity contribution in [3.8, 4) is 11.5 Å². The first-order valence-corrected chi connectivity index (χ1v) is 11.2. The van der Waals surface area contributed by atoms with E-state index in [2.05, 4.69) is 6.08 Å². The van der Waals surface area contributed by atoms with E-state index in [4.69, 9.17) is 9.47 Å². The van der Waals surface area contributed by atoms with Gasteiger partial charge in [0.2, 0.25) is 16.8 Å². The van der Waals surface area contributed by atoms with Crippen molar-refractivity contribution in [1.29, 1.82) is 0 Å². The summed E-state index contributed by atoms with van der Waals surface area (Å²) >= 11 is 0. The highest BCUT2D eigenvalue weighted by atomic mass is 32.2. The summed E-state index contributed by atoms with van der Waals surface area (Å²) in [4.78, 5) is 10.4. The van der Waals surface area contributed by atoms with Crippen LogP contribution in [0.15, 0.2) is 59.0 Å². The van der Waals surface area contributed by atoms with E-state index in [0.717, 1.165) is 30.4 Å². The standard InChI is InChI=1S/C21H20N2O6S/c24-23(25)15-6-8-16(9-7-15)30(26,27)22-12-18(17-3-1-2-4-19(17)22)14-5-10-20-21(11-14)29-13-28-20/h3,5-11,18-19H,1-2,4,12-13H2/t18-,19-/m0/s1. The van der Waals surface area contributed by atoms with Gasteiger partial charge in [-0.15, -0.1) is 0 Å². The lowest BCUT2D eigenvalue weighted by Crippen LogP contribution is -2.36. The molecular formula is C21H20N2O6S. The number of benzene rings is 2. The first-order valence-electron chi connectivity index (χ1n) is 9.81. The molecule has 0 N–H and O–H groups in total. The van der Waals surface area contributed by atoms with Crippen molar-refractivity contribution in [2.75, 3.05) is 13.3 Å². The molecule has 1 fully saturated rings. The minimum atomic E-state index is -3.79. The van der Waals surface area contributed by atoms with E-state index in [1.807, 2.05) is 18.2 Å². The molecule has 0 unspecified atom stereocenters. The van der Waals surface area contributed by atoms with Crippen molar-refractivity contribution in [3.05, 3.63) is 69.8 Å². The number of rotatable bonds is 4. The highest BCUT2D eigenvalue weighted by Crippen LogP contribution is 2.46. The summed E-state index contributed by atoms with van der Waals surface area (Å²) in [5, 5.41) is 10.9. The summed E-state index contributed by atoms with van der Waals surface area (Å²) in [6.07, 6.45) is 4.78. The quantitative estimate of drug-likeness (QED) is 0.419. The number of nitro benzene ring substituents is 1. The fourth-order valence-electron chi connectivity index (χ4n) is 4.55. The molecule has 0 spiro atoms. The van der Waals surface area contributed by atoms with Gasteiger partial charge in [0.05, 0.1) is 9.82 Å². The van der Waals surface area contributed by atoms with Gasteiger partial charge < -0.3 is 9.47 Å². The summed E-state index contributed by atoms with van der Waals surface area (Å²) in [5.41, 5.74) is 1.98.